The van der Waals surface area contributed by atoms with Crippen LogP contribution in [0.1, 0.15) is 69.4 Å². The highest BCUT2D eigenvalue weighted by Gasteiger charge is 2.27. The number of ether oxygens (including phenoxy) is 1. The summed E-state index contributed by atoms with van der Waals surface area (Å²) >= 11 is 0. The highest BCUT2D eigenvalue weighted by atomic mass is 16.5. The molecule has 30 heavy (non-hydrogen) atoms. The van der Waals surface area contributed by atoms with Crippen LogP contribution in [-0.4, -0.2) is 43.7 Å². The van der Waals surface area contributed by atoms with Crippen LogP contribution in [0.4, 0.5) is 0 Å². The molecule has 5 nitrogen and oxygen atoms in total. The van der Waals surface area contributed by atoms with Gasteiger partial charge >= 0.3 is 0 Å². The first kappa shape index (κ1) is 21.4. The maximum Gasteiger partial charge on any atom is 0.222 e. The molecule has 1 saturated heterocycles. The maximum absolute atomic E-state index is 11.9. The molecule has 4 aliphatic rings. The highest BCUT2D eigenvalue weighted by molar-refractivity contribution is 5.76. The Morgan fingerprint density at radius 1 is 1.20 bits per heavy atom. The summed E-state index contributed by atoms with van der Waals surface area (Å²) in [5.41, 5.74) is 2.54. The number of piperidine rings is 1. The van der Waals surface area contributed by atoms with E-state index in [0.29, 0.717) is 25.1 Å². The number of nitrogens with one attached hydrogen (secondary N) is 1. The zero-order valence-corrected chi connectivity index (χ0v) is 18.3. The second kappa shape index (κ2) is 10.5. The van der Waals surface area contributed by atoms with Crippen LogP contribution in [-0.2, 0) is 9.53 Å². The van der Waals surface area contributed by atoms with E-state index in [1.807, 2.05) is 12.3 Å². The van der Waals surface area contributed by atoms with E-state index in [1.165, 1.54) is 62.7 Å². The molecule has 0 aromatic carbocycles. The van der Waals surface area contributed by atoms with Crippen LogP contribution in [0.2, 0.25) is 0 Å². The second-order valence-electron chi connectivity index (χ2n) is 9.09. The van der Waals surface area contributed by atoms with Gasteiger partial charge in [0.2, 0.25) is 5.91 Å². The van der Waals surface area contributed by atoms with E-state index in [1.54, 1.807) is 7.11 Å². The van der Waals surface area contributed by atoms with Gasteiger partial charge in [0.15, 0.2) is 0 Å². The summed E-state index contributed by atoms with van der Waals surface area (Å²) in [7, 11) is 1.64. The van der Waals surface area contributed by atoms with Crippen molar-refractivity contribution in [2.45, 2.75) is 69.9 Å². The van der Waals surface area contributed by atoms with Gasteiger partial charge < -0.3 is 14.5 Å². The summed E-state index contributed by atoms with van der Waals surface area (Å²) in [5.74, 6) is 1.89. The third-order valence-electron chi connectivity index (χ3n) is 7.02. The van der Waals surface area contributed by atoms with Crippen LogP contribution in [0.15, 0.2) is 34.9 Å². The average Bonchev–Trinajstić information content (AvgIpc) is 3.25. The summed E-state index contributed by atoms with van der Waals surface area (Å²) in [4.78, 5) is 14.6. The largest absolute Gasteiger partial charge is 0.464 e. The third kappa shape index (κ3) is 5.44. The van der Waals surface area contributed by atoms with Gasteiger partial charge in [0.05, 0.1) is 12.9 Å². The number of nitrogens with zero attached hydrogens (tertiary/aromatic N) is 1. The molecule has 0 spiro atoms. The highest BCUT2D eigenvalue weighted by Crippen LogP contribution is 2.36. The van der Waals surface area contributed by atoms with Crippen LogP contribution in [0.5, 0.6) is 0 Å². The number of rotatable bonds is 8. The van der Waals surface area contributed by atoms with Crippen molar-refractivity contribution in [3.05, 3.63) is 36.1 Å². The first-order valence-electron chi connectivity index (χ1n) is 11.7. The molecule has 2 aliphatic heterocycles. The van der Waals surface area contributed by atoms with Gasteiger partial charge in [0.1, 0.15) is 5.76 Å². The molecule has 2 aliphatic carbocycles. The van der Waals surface area contributed by atoms with Crippen molar-refractivity contribution in [3.8, 4) is 11.3 Å². The number of methoxy groups -OCH3 is 1. The summed E-state index contributed by atoms with van der Waals surface area (Å²) in [6, 6.07) is 9.40. The van der Waals surface area contributed by atoms with Crippen molar-refractivity contribution in [2.24, 2.45) is 5.92 Å². The first-order chi connectivity index (χ1) is 14.7. The van der Waals surface area contributed by atoms with Gasteiger partial charge in [-0.1, -0.05) is 18.6 Å². The average molecular weight is 413 g/mol. The van der Waals surface area contributed by atoms with E-state index in [-0.39, 0.29) is 5.91 Å². The quantitative estimate of drug-likeness (QED) is 0.662. The van der Waals surface area contributed by atoms with Crippen molar-refractivity contribution in [3.63, 3.8) is 0 Å². The fraction of sp³-hybridized carbons (Fsp3) is 0.640. The lowest BCUT2D eigenvalue weighted by Crippen LogP contribution is -2.39. The SMILES string of the molecule is COCCC(=O)NC1CCC(CCN2CCCCC2c2coc3cccc-3c2)CC1. The normalized spacial score (nSPS) is 25.4. The van der Waals surface area contributed by atoms with Crippen LogP contribution in [0.25, 0.3) is 11.3 Å². The Bertz CT molecular complexity index is 765. The molecule has 5 heteroatoms. The van der Waals surface area contributed by atoms with Gasteiger partial charge in [-0.05, 0) is 76.1 Å². The van der Waals surface area contributed by atoms with Crippen molar-refractivity contribution in [2.75, 3.05) is 26.8 Å². The number of fused-ring (bicyclic) bond motifs is 1. The molecule has 0 aromatic rings. The predicted octanol–water partition coefficient (Wildman–Crippen LogP) is 5.01. The Kier molecular flexibility index (Phi) is 7.45. The fourth-order valence-electron chi connectivity index (χ4n) is 5.24. The molecule has 1 atom stereocenters. The van der Waals surface area contributed by atoms with Gasteiger partial charge in [0.25, 0.3) is 0 Å². The maximum atomic E-state index is 11.9. The van der Waals surface area contributed by atoms with Crippen LogP contribution in [0, 0.1) is 5.92 Å². The molecule has 0 bridgehead atoms. The van der Waals surface area contributed by atoms with Gasteiger partial charge in [-0.2, -0.15) is 0 Å². The molecule has 4 rings (SSSR count). The van der Waals surface area contributed by atoms with E-state index >= 15 is 0 Å². The molecule has 2 heterocycles. The van der Waals surface area contributed by atoms with Crippen molar-refractivity contribution >= 4 is 5.91 Å². The third-order valence-corrected chi connectivity index (χ3v) is 7.02. The number of carbonyl (C=O) groups is 1. The van der Waals surface area contributed by atoms with Crippen LogP contribution in [0.3, 0.4) is 0 Å². The van der Waals surface area contributed by atoms with Crippen molar-refractivity contribution in [1.29, 1.82) is 0 Å². The van der Waals surface area contributed by atoms with Crippen LogP contribution >= 0.6 is 0 Å². The van der Waals surface area contributed by atoms with Crippen molar-refractivity contribution < 1.29 is 13.9 Å². The Hall–Kier alpha value is -1.85. The van der Waals surface area contributed by atoms with E-state index in [2.05, 4.69) is 28.4 Å². The Morgan fingerprint density at radius 2 is 2.07 bits per heavy atom. The summed E-state index contributed by atoms with van der Waals surface area (Å²) < 4.78 is 10.9. The van der Waals surface area contributed by atoms with Gasteiger partial charge in [0, 0.05) is 36.7 Å². The topological polar surface area (TPSA) is 54.7 Å². The molecule has 1 unspecified atom stereocenters. The van der Waals surface area contributed by atoms with E-state index in [9.17, 15) is 4.79 Å². The van der Waals surface area contributed by atoms with Gasteiger partial charge in [-0.25, -0.2) is 0 Å². The predicted molar refractivity (Wildman–Crippen MR) is 118 cm³/mol. The zero-order chi connectivity index (χ0) is 20.8. The lowest BCUT2D eigenvalue weighted by Gasteiger charge is -2.37. The van der Waals surface area contributed by atoms with Crippen LogP contribution < -0.4 is 5.32 Å². The number of hydrogen-bond donors (Lipinski definition) is 1. The zero-order valence-electron chi connectivity index (χ0n) is 18.3. The fourth-order valence-corrected chi connectivity index (χ4v) is 5.24. The summed E-state index contributed by atoms with van der Waals surface area (Å²) in [6.45, 7) is 2.86. The first-order valence-corrected chi connectivity index (χ1v) is 11.7. The van der Waals surface area contributed by atoms with E-state index in [0.717, 1.165) is 24.5 Å². The minimum absolute atomic E-state index is 0.128. The van der Waals surface area contributed by atoms with E-state index in [4.69, 9.17) is 9.15 Å². The molecular weight excluding hydrogens is 376 g/mol. The molecule has 0 radical (unpaired) electrons. The van der Waals surface area contributed by atoms with Crippen molar-refractivity contribution in [1.82, 2.24) is 10.2 Å². The summed E-state index contributed by atoms with van der Waals surface area (Å²) in [6.07, 6.45) is 12.2. The number of amides is 1. The molecule has 0 aromatic heterocycles. The number of likely N-dealkylation sites (tertiary alicyclic amines) is 1. The lowest BCUT2D eigenvalue weighted by molar-refractivity contribution is -0.122. The number of hydrogen-bond acceptors (Lipinski definition) is 4. The minimum Gasteiger partial charge on any atom is -0.464 e. The molecule has 1 saturated carbocycles. The number of carbonyl (C=O) groups excluding carboxylic acids is 1. The Labute approximate surface area is 180 Å². The van der Waals surface area contributed by atoms with Gasteiger partial charge in [-0.3, -0.25) is 9.69 Å². The second-order valence-corrected chi connectivity index (χ2v) is 9.09. The Balaban J connectivity index is 1.26. The summed E-state index contributed by atoms with van der Waals surface area (Å²) in [5, 5.41) is 3.18. The molecule has 2 fully saturated rings. The van der Waals surface area contributed by atoms with E-state index < -0.39 is 0 Å². The molecule has 1 N–H and O–H groups in total. The van der Waals surface area contributed by atoms with Gasteiger partial charge in [-0.15, -0.1) is 0 Å². The lowest BCUT2D eigenvalue weighted by atomic mass is 9.83. The standard InChI is InChI=1S/C25H36N2O3/c1-29-16-13-25(28)26-22-10-8-19(9-11-22)12-15-27-14-3-2-6-23(27)21-17-20-5-4-7-24(20)30-18-21/h4-5,7,17-19,22-23H,2-3,6,8-16H2,1H3,(H,26,28). The molecule has 164 valence electrons. The molecular formula is C25H36N2O3. The smallest absolute Gasteiger partial charge is 0.222 e. The minimum atomic E-state index is 0.128. The molecule has 1 amide bonds. The monoisotopic (exact) mass is 412 g/mol. The Morgan fingerprint density at radius 3 is 2.90 bits per heavy atom.